The molecule has 0 aliphatic heterocycles. The number of nitrogens with one attached hydrogen (secondary N) is 2. The van der Waals surface area contributed by atoms with Crippen LogP contribution < -0.4 is 20.1 Å². The van der Waals surface area contributed by atoms with Gasteiger partial charge in [-0.1, -0.05) is 27.2 Å². The van der Waals surface area contributed by atoms with E-state index in [-0.39, 0.29) is 17.7 Å². The van der Waals surface area contributed by atoms with Gasteiger partial charge in [0, 0.05) is 22.9 Å². The smallest absolute Gasteiger partial charge is 0.255 e. The Bertz CT molecular complexity index is 801. The average Bonchev–Trinajstić information content (AvgIpc) is 2.69. The second kappa shape index (κ2) is 10.3. The van der Waals surface area contributed by atoms with Crippen molar-refractivity contribution in [1.29, 1.82) is 0 Å². The summed E-state index contributed by atoms with van der Waals surface area (Å²) in [5.41, 5.74) is 1.79. The number of ether oxygens (including phenoxy) is 2. The molecule has 0 radical (unpaired) electrons. The minimum Gasteiger partial charge on any atom is -0.493 e. The number of hydrogen-bond acceptors (Lipinski definition) is 4. The van der Waals surface area contributed by atoms with E-state index in [1.165, 1.54) is 0 Å². The van der Waals surface area contributed by atoms with Gasteiger partial charge in [-0.25, -0.2) is 0 Å². The lowest BCUT2D eigenvalue weighted by atomic mass is 10.1. The van der Waals surface area contributed by atoms with Crippen LogP contribution in [-0.2, 0) is 4.79 Å². The second-order valence-corrected chi connectivity index (χ2v) is 6.74. The SMILES string of the molecule is CCCCOc1ccc(C(=O)Nc2ccc(NC(=O)C(C)C)cc2)cc1OC. The Balaban J connectivity index is 2.03. The first-order valence-electron chi connectivity index (χ1n) is 9.47. The van der Waals surface area contributed by atoms with Gasteiger partial charge in [0.1, 0.15) is 0 Å². The molecule has 6 nitrogen and oxygen atoms in total. The number of hydrogen-bond donors (Lipinski definition) is 2. The molecule has 0 aromatic heterocycles. The Morgan fingerprint density at radius 2 is 1.61 bits per heavy atom. The lowest BCUT2D eigenvalue weighted by molar-refractivity contribution is -0.118. The van der Waals surface area contributed by atoms with Crippen LogP contribution in [-0.4, -0.2) is 25.5 Å². The van der Waals surface area contributed by atoms with E-state index in [1.807, 2.05) is 13.8 Å². The van der Waals surface area contributed by atoms with E-state index in [0.29, 0.717) is 35.0 Å². The summed E-state index contributed by atoms with van der Waals surface area (Å²) in [7, 11) is 1.55. The molecule has 2 amide bonds. The molecule has 0 aliphatic rings. The van der Waals surface area contributed by atoms with Crippen molar-refractivity contribution in [3.05, 3.63) is 48.0 Å². The van der Waals surface area contributed by atoms with Gasteiger partial charge in [-0.15, -0.1) is 0 Å². The Morgan fingerprint density at radius 3 is 2.18 bits per heavy atom. The summed E-state index contributed by atoms with van der Waals surface area (Å²) in [4.78, 5) is 24.3. The van der Waals surface area contributed by atoms with Crippen LogP contribution in [0.1, 0.15) is 44.0 Å². The van der Waals surface area contributed by atoms with Gasteiger partial charge in [0.2, 0.25) is 5.91 Å². The van der Waals surface area contributed by atoms with Gasteiger partial charge >= 0.3 is 0 Å². The maximum absolute atomic E-state index is 12.5. The molecule has 150 valence electrons. The van der Waals surface area contributed by atoms with E-state index >= 15 is 0 Å². The molecule has 0 aliphatic carbocycles. The number of benzene rings is 2. The number of anilines is 2. The first kappa shape index (κ1) is 21.3. The lowest BCUT2D eigenvalue weighted by Crippen LogP contribution is -2.17. The molecule has 0 saturated carbocycles. The third-order valence-corrected chi connectivity index (χ3v) is 4.12. The summed E-state index contributed by atoms with van der Waals surface area (Å²) in [5.74, 6) is 0.749. The molecule has 0 fully saturated rings. The molecular formula is C22H28N2O4. The highest BCUT2D eigenvalue weighted by Crippen LogP contribution is 2.28. The number of rotatable bonds is 9. The fraction of sp³-hybridized carbons (Fsp3) is 0.364. The maximum Gasteiger partial charge on any atom is 0.255 e. The molecular weight excluding hydrogens is 356 g/mol. The maximum atomic E-state index is 12.5. The standard InChI is InChI=1S/C22H28N2O4/c1-5-6-13-28-19-12-7-16(14-20(19)27-4)22(26)24-18-10-8-17(9-11-18)23-21(25)15(2)3/h7-12,14-15H,5-6,13H2,1-4H3,(H,23,25)(H,24,26). The third-order valence-electron chi connectivity index (χ3n) is 4.12. The number of carbonyl (C=O) groups excluding carboxylic acids is 2. The van der Waals surface area contributed by atoms with E-state index in [0.717, 1.165) is 12.8 Å². The normalized spacial score (nSPS) is 10.5. The highest BCUT2D eigenvalue weighted by Gasteiger charge is 2.12. The molecule has 2 N–H and O–H groups in total. The predicted octanol–water partition coefficient (Wildman–Crippen LogP) is 4.72. The van der Waals surface area contributed by atoms with Crippen LogP contribution in [0.25, 0.3) is 0 Å². The molecule has 2 aromatic rings. The van der Waals surface area contributed by atoms with Gasteiger partial charge in [-0.3, -0.25) is 9.59 Å². The summed E-state index contributed by atoms with van der Waals surface area (Å²) in [6.07, 6.45) is 2.00. The number of methoxy groups -OCH3 is 1. The molecule has 2 aromatic carbocycles. The summed E-state index contributed by atoms with van der Waals surface area (Å²) in [6, 6.07) is 12.1. The Hall–Kier alpha value is -3.02. The second-order valence-electron chi connectivity index (χ2n) is 6.74. The van der Waals surface area contributed by atoms with Crippen LogP contribution in [0.5, 0.6) is 11.5 Å². The molecule has 0 spiro atoms. The Labute approximate surface area is 166 Å². The largest absolute Gasteiger partial charge is 0.493 e. The van der Waals surface area contributed by atoms with Gasteiger partial charge in [0.15, 0.2) is 11.5 Å². The van der Waals surface area contributed by atoms with Crippen LogP contribution >= 0.6 is 0 Å². The van der Waals surface area contributed by atoms with Crippen LogP contribution in [0.15, 0.2) is 42.5 Å². The molecule has 0 unspecified atom stereocenters. The van der Waals surface area contributed by atoms with Crippen LogP contribution in [0.3, 0.4) is 0 Å². The van der Waals surface area contributed by atoms with Crippen molar-refractivity contribution < 1.29 is 19.1 Å². The zero-order valence-electron chi connectivity index (χ0n) is 16.9. The summed E-state index contributed by atoms with van der Waals surface area (Å²) < 4.78 is 11.0. The van der Waals surface area contributed by atoms with Crippen LogP contribution in [0.2, 0.25) is 0 Å². The topological polar surface area (TPSA) is 76.7 Å². The van der Waals surface area contributed by atoms with E-state index in [1.54, 1.807) is 49.6 Å². The fourth-order valence-electron chi connectivity index (χ4n) is 2.38. The van der Waals surface area contributed by atoms with Gasteiger partial charge in [0.25, 0.3) is 5.91 Å². The molecule has 0 heterocycles. The highest BCUT2D eigenvalue weighted by atomic mass is 16.5. The quantitative estimate of drug-likeness (QED) is 0.613. The monoisotopic (exact) mass is 384 g/mol. The van der Waals surface area contributed by atoms with E-state index < -0.39 is 0 Å². The average molecular weight is 384 g/mol. The zero-order chi connectivity index (χ0) is 20.5. The molecule has 6 heteroatoms. The molecule has 0 saturated heterocycles. The van der Waals surface area contributed by atoms with Crippen molar-refractivity contribution in [2.45, 2.75) is 33.6 Å². The molecule has 28 heavy (non-hydrogen) atoms. The van der Waals surface area contributed by atoms with Gasteiger partial charge in [-0.05, 0) is 48.9 Å². The molecule has 0 bridgehead atoms. The minimum absolute atomic E-state index is 0.0508. The van der Waals surface area contributed by atoms with Gasteiger partial charge in [-0.2, -0.15) is 0 Å². The van der Waals surface area contributed by atoms with E-state index in [2.05, 4.69) is 17.6 Å². The highest BCUT2D eigenvalue weighted by molar-refractivity contribution is 6.04. The zero-order valence-corrected chi connectivity index (χ0v) is 16.9. The third kappa shape index (κ3) is 6.01. The van der Waals surface area contributed by atoms with Crippen LogP contribution in [0.4, 0.5) is 11.4 Å². The van der Waals surface area contributed by atoms with Crippen LogP contribution in [0, 0.1) is 5.92 Å². The lowest BCUT2D eigenvalue weighted by Gasteiger charge is -2.12. The fourth-order valence-corrected chi connectivity index (χ4v) is 2.38. The minimum atomic E-state index is -0.252. The summed E-state index contributed by atoms with van der Waals surface area (Å²) in [5, 5.41) is 5.65. The van der Waals surface area contributed by atoms with Crippen molar-refractivity contribution in [3.8, 4) is 11.5 Å². The number of unbranched alkanes of at least 4 members (excludes halogenated alkanes) is 1. The summed E-state index contributed by atoms with van der Waals surface area (Å²) in [6.45, 7) is 6.37. The Kier molecular flexibility index (Phi) is 7.87. The first-order valence-corrected chi connectivity index (χ1v) is 9.47. The van der Waals surface area contributed by atoms with Crippen molar-refractivity contribution >= 4 is 23.2 Å². The van der Waals surface area contributed by atoms with E-state index in [4.69, 9.17) is 9.47 Å². The van der Waals surface area contributed by atoms with Gasteiger partial charge < -0.3 is 20.1 Å². The summed E-state index contributed by atoms with van der Waals surface area (Å²) >= 11 is 0. The number of carbonyl (C=O) groups is 2. The number of amides is 2. The molecule has 0 atom stereocenters. The van der Waals surface area contributed by atoms with Crippen molar-refractivity contribution in [2.75, 3.05) is 24.4 Å². The molecule has 2 rings (SSSR count). The van der Waals surface area contributed by atoms with E-state index in [9.17, 15) is 9.59 Å². The van der Waals surface area contributed by atoms with Crippen molar-refractivity contribution in [1.82, 2.24) is 0 Å². The first-order chi connectivity index (χ1) is 13.4. The van der Waals surface area contributed by atoms with Gasteiger partial charge in [0.05, 0.1) is 13.7 Å². The predicted molar refractivity (Wildman–Crippen MR) is 111 cm³/mol. The van der Waals surface area contributed by atoms with Crippen molar-refractivity contribution in [2.24, 2.45) is 5.92 Å². The Morgan fingerprint density at radius 1 is 0.964 bits per heavy atom. The van der Waals surface area contributed by atoms with Crippen molar-refractivity contribution in [3.63, 3.8) is 0 Å².